The van der Waals surface area contributed by atoms with Crippen LogP contribution >= 0.6 is 0 Å². The summed E-state index contributed by atoms with van der Waals surface area (Å²) in [5.41, 5.74) is 0.669. The predicted molar refractivity (Wildman–Crippen MR) is 73.4 cm³/mol. The lowest BCUT2D eigenvalue weighted by molar-refractivity contribution is 0.0955. The maximum absolute atomic E-state index is 11.9. The second-order valence-corrected chi connectivity index (χ2v) is 4.79. The maximum Gasteiger partial charge on any atom is 0.319 e. The van der Waals surface area contributed by atoms with Crippen LogP contribution in [0.25, 0.3) is 0 Å². The number of carbonyl (C=O) groups excluding carboxylic acids is 1. The fourth-order valence-electron chi connectivity index (χ4n) is 2.32. The van der Waals surface area contributed by atoms with Crippen LogP contribution in [0, 0.1) is 0 Å². The number of anilines is 1. The van der Waals surface area contributed by atoms with E-state index in [1.165, 1.54) is 0 Å². The number of hydrogen-bond donors (Lipinski definition) is 3. The van der Waals surface area contributed by atoms with E-state index >= 15 is 0 Å². The molecule has 0 heterocycles. The predicted octanol–water partition coefficient (Wildman–Crippen LogP) is 2.12. The van der Waals surface area contributed by atoms with Gasteiger partial charge < -0.3 is 20.5 Å². The van der Waals surface area contributed by atoms with Crippen LogP contribution < -0.4 is 15.4 Å². The molecule has 5 heteroatoms. The van der Waals surface area contributed by atoms with Gasteiger partial charge in [-0.3, -0.25) is 0 Å². The first-order chi connectivity index (χ1) is 9.19. The van der Waals surface area contributed by atoms with E-state index in [1.807, 2.05) is 12.1 Å². The molecule has 2 unspecified atom stereocenters. The molecule has 104 valence electrons. The number of methoxy groups -OCH3 is 1. The molecule has 1 aromatic rings. The van der Waals surface area contributed by atoms with Crippen LogP contribution in [0.15, 0.2) is 24.3 Å². The highest BCUT2D eigenvalue weighted by atomic mass is 16.5. The average molecular weight is 264 g/mol. The van der Waals surface area contributed by atoms with Crippen molar-refractivity contribution in [1.82, 2.24) is 5.32 Å². The summed E-state index contributed by atoms with van der Waals surface area (Å²) in [5.74, 6) is 0.690. The number of benzene rings is 1. The van der Waals surface area contributed by atoms with Crippen molar-refractivity contribution in [3.63, 3.8) is 0 Å². The molecule has 1 aliphatic rings. The highest BCUT2D eigenvalue weighted by Gasteiger charge is 2.24. The molecule has 1 aliphatic carbocycles. The van der Waals surface area contributed by atoms with Gasteiger partial charge in [-0.2, -0.15) is 0 Å². The Hall–Kier alpha value is -1.75. The summed E-state index contributed by atoms with van der Waals surface area (Å²) in [6.45, 7) is 0. The summed E-state index contributed by atoms with van der Waals surface area (Å²) >= 11 is 0. The van der Waals surface area contributed by atoms with Crippen LogP contribution in [0.4, 0.5) is 10.5 Å². The lowest BCUT2D eigenvalue weighted by atomic mass is 9.93. The molecule has 0 saturated heterocycles. The topological polar surface area (TPSA) is 70.6 Å². The molecule has 0 aliphatic heterocycles. The molecule has 2 amide bonds. The second-order valence-electron chi connectivity index (χ2n) is 4.79. The first-order valence-corrected chi connectivity index (χ1v) is 6.58. The summed E-state index contributed by atoms with van der Waals surface area (Å²) in [6.07, 6.45) is 3.21. The number of aliphatic hydroxyl groups excluding tert-OH is 1. The summed E-state index contributed by atoms with van der Waals surface area (Å²) in [5, 5.41) is 15.4. The SMILES string of the molecule is COc1cccc(NC(=O)NC2CCCCC2O)c1. The molecule has 1 aromatic carbocycles. The summed E-state index contributed by atoms with van der Waals surface area (Å²) in [7, 11) is 1.58. The Kier molecular flexibility index (Phi) is 4.63. The van der Waals surface area contributed by atoms with Gasteiger partial charge in [-0.25, -0.2) is 4.79 Å². The van der Waals surface area contributed by atoms with E-state index in [1.54, 1.807) is 19.2 Å². The van der Waals surface area contributed by atoms with Crippen LogP contribution in [-0.4, -0.2) is 30.4 Å². The Balaban J connectivity index is 1.89. The number of amides is 2. The minimum Gasteiger partial charge on any atom is -0.497 e. The van der Waals surface area contributed by atoms with Gasteiger partial charge >= 0.3 is 6.03 Å². The van der Waals surface area contributed by atoms with Crippen LogP contribution in [0.2, 0.25) is 0 Å². The highest BCUT2D eigenvalue weighted by Crippen LogP contribution is 2.19. The number of aliphatic hydroxyl groups is 1. The first-order valence-electron chi connectivity index (χ1n) is 6.58. The number of carbonyl (C=O) groups is 1. The Bertz CT molecular complexity index is 436. The molecule has 1 fully saturated rings. The molecular weight excluding hydrogens is 244 g/mol. The van der Waals surface area contributed by atoms with Crippen molar-refractivity contribution in [3.05, 3.63) is 24.3 Å². The number of urea groups is 1. The first kappa shape index (κ1) is 13.7. The lowest BCUT2D eigenvalue weighted by Gasteiger charge is -2.28. The van der Waals surface area contributed by atoms with E-state index in [4.69, 9.17) is 4.74 Å². The smallest absolute Gasteiger partial charge is 0.319 e. The van der Waals surface area contributed by atoms with Crippen molar-refractivity contribution in [2.24, 2.45) is 0 Å². The van der Waals surface area contributed by atoms with E-state index < -0.39 is 6.10 Å². The third-order valence-electron chi connectivity index (χ3n) is 3.37. The maximum atomic E-state index is 11.9. The standard InChI is InChI=1S/C14H20N2O3/c1-19-11-6-4-5-10(9-11)15-14(18)16-12-7-2-3-8-13(12)17/h4-6,9,12-13,17H,2-3,7-8H2,1H3,(H2,15,16,18). The van der Waals surface area contributed by atoms with Crippen molar-refractivity contribution >= 4 is 11.7 Å². The minimum atomic E-state index is -0.440. The zero-order chi connectivity index (χ0) is 13.7. The molecule has 0 radical (unpaired) electrons. The van der Waals surface area contributed by atoms with Gasteiger partial charge in [0, 0.05) is 11.8 Å². The van der Waals surface area contributed by atoms with Crippen molar-refractivity contribution in [2.45, 2.75) is 37.8 Å². The van der Waals surface area contributed by atoms with E-state index in [9.17, 15) is 9.90 Å². The van der Waals surface area contributed by atoms with Crippen molar-refractivity contribution in [1.29, 1.82) is 0 Å². The zero-order valence-corrected chi connectivity index (χ0v) is 11.1. The number of rotatable bonds is 3. The summed E-state index contributed by atoms with van der Waals surface area (Å²) in [4.78, 5) is 11.9. The van der Waals surface area contributed by atoms with Gasteiger partial charge in [0.1, 0.15) is 5.75 Å². The van der Waals surface area contributed by atoms with Crippen molar-refractivity contribution in [3.8, 4) is 5.75 Å². The fourth-order valence-corrected chi connectivity index (χ4v) is 2.32. The van der Waals surface area contributed by atoms with Crippen LogP contribution in [0.1, 0.15) is 25.7 Å². The average Bonchev–Trinajstić information content (AvgIpc) is 2.41. The molecular formula is C14H20N2O3. The molecule has 5 nitrogen and oxygen atoms in total. The third kappa shape index (κ3) is 3.86. The Morgan fingerprint density at radius 1 is 1.37 bits per heavy atom. The normalized spacial score (nSPS) is 22.6. The molecule has 0 aromatic heterocycles. The summed E-state index contributed by atoms with van der Waals surface area (Å²) in [6, 6.07) is 6.72. The van der Waals surface area contributed by atoms with Crippen LogP contribution in [0.3, 0.4) is 0 Å². The van der Waals surface area contributed by atoms with Gasteiger partial charge in [-0.05, 0) is 25.0 Å². The van der Waals surface area contributed by atoms with Crippen LogP contribution in [0.5, 0.6) is 5.75 Å². The summed E-state index contributed by atoms with van der Waals surface area (Å²) < 4.78 is 5.09. The molecule has 0 bridgehead atoms. The molecule has 1 saturated carbocycles. The number of hydrogen-bond acceptors (Lipinski definition) is 3. The minimum absolute atomic E-state index is 0.153. The third-order valence-corrected chi connectivity index (χ3v) is 3.37. The largest absolute Gasteiger partial charge is 0.497 e. The van der Waals surface area contributed by atoms with Gasteiger partial charge in [0.05, 0.1) is 19.3 Å². The zero-order valence-electron chi connectivity index (χ0n) is 11.1. The van der Waals surface area contributed by atoms with Crippen molar-refractivity contribution in [2.75, 3.05) is 12.4 Å². The van der Waals surface area contributed by atoms with Crippen LogP contribution in [-0.2, 0) is 0 Å². The second kappa shape index (κ2) is 6.43. The van der Waals surface area contributed by atoms with Gasteiger partial charge in [0.15, 0.2) is 0 Å². The molecule has 3 N–H and O–H groups in total. The quantitative estimate of drug-likeness (QED) is 0.783. The van der Waals surface area contributed by atoms with E-state index in [-0.39, 0.29) is 12.1 Å². The van der Waals surface area contributed by atoms with E-state index in [0.717, 1.165) is 25.7 Å². The molecule has 2 rings (SSSR count). The Morgan fingerprint density at radius 2 is 2.16 bits per heavy atom. The van der Waals surface area contributed by atoms with Gasteiger partial charge in [0.25, 0.3) is 0 Å². The highest BCUT2D eigenvalue weighted by molar-refractivity contribution is 5.89. The lowest BCUT2D eigenvalue weighted by Crippen LogP contribution is -2.46. The van der Waals surface area contributed by atoms with Gasteiger partial charge in [-0.1, -0.05) is 18.9 Å². The molecule has 2 atom stereocenters. The monoisotopic (exact) mass is 264 g/mol. The number of nitrogens with one attached hydrogen (secondary N) is 2. The number of ether oxygens (including phenoxy) is 1. The Labute approximate surface area is 113 Å². The Morgan fingerprint density at radius 3 is 2.89 bits per heavy atom. The molecule has 0 spiro atoms. The van der Waals surface area contributed by atoms with E-state index in [0.29, 0.717) is 11.4 Å². The van der Waals surface area contributed by atoms with Gasteiger partial charge in [0.2, 0.25) is 0 Å². The van der Waals surface area contributed by atoms with Gasteiger partial charge in [-0.15, -0.1) is 0 Å². The fraction of sp³-hybridized carbons (Fsp3) is 0.500. The van der Waals surface area contributed by atoms with E-state index in [2.05, 4.69) is 10.6 Å². The molecule has 19 heavy (non-hydrogen) atoms. The van der Waals surface area contributed by atoms with Crippen molar-refractivity contribution < 1.29 is 14.6 Å².